The second-order valence-corrected chi connectivity index (χ2v) is 4.71. The monoisotopic (exact) mass is 256 g/mol. The SMILES string of the molecule is CC(=O)c1nn(-c2c(C)cccc2C)c(C)cc1=O. The van der Waals surface area contributed by atoms with Gasteiger partial charge in [0, 0.05) is 18.7 Å². The van der Waals surface area contributed by atoms with E-state index in [9.17, 15) is 9.59 Å². The number of aryl methyl sites for hydroxylation is 3. The normalized spacial score (nSPS) is 10.5. The minimum Gasteiger partial charge on any atom is -0.293 e. The van der Waals surface area contributed by atoms with Crippen LogP contribution in [0.2, 0.25) is 0 Å². The van der Waals surface area contributed by atoms with Crippen molar-refractivity contribution in [2.75, 3.05) is 0 Å². The Kier molecular flexibility index (Phi) is 3.34. The van der Waals surface area contributed by atoms with Crippen molar-refractivity contribution in [1.29, 1.82) is 0 Å². The van der Waals surface area contributed by atoms with E-state index in [1.165, 1.54) is 13.0 Å². The Morgan fingerprint density at radius 3 is 2.26 bits per heavy atom. The van der Waals surface area contributed by atoms with Crippen molar-refractivity contribution in [2.24, 2.45) is 0 Å². The van der Waals surface area contributed by atoms with E-state index in [0.717, 1.165) is 16.8 Å². The maximum atomic E-state index is 11.7. The standard InChI is InChI=1S/C15H16N2O2/c1-9-6-5-7-10(2)15(9)17-11(3)8-13(19)14(16-17)12(4)18/h5-8H,1-4H3. The zero-order valence-corrected chi connectivity index (χ0v) is 11.5. The van der Waals surface area contributed by atoms with E-state index in [1.807, 2.05) is 39.0 Å². The highest BCUT2D eigenvalue weighted by atomic mass is 16.1. The maximum Gasteiger partial charge on any atom is 0.211 e. The van der Waals surface area contributed by atoms with E-state index in [2.05, 4.69) is 5.10 Å². The van der Waals surface area contributed by atoms with Crippen molar-refractivity contribution in [1.82, 2.24) is 9.78 Å². The first-order valence-corrected chi connectivity index (χ1v) is 6.10. The Balaban J connectivity index is 2.80. The molecule has 98 valence electrons. The summed E-state index contributed by atoms with van der Waals surface area (Å²) in [4.78, 5) is 23.2. The summed E-state index contributed by atoms with van der Waals surface area (Å²) in [7, 11) is 0. The lowest BCUT2D eigenvalue weighted by Crippen LogP contribution is -2.22. The first kappa shape index (κ1) is 13.2. The van der Waals surface area contributed by atoms with Gasteiger partial charge in [-0.15, -0.1) is 0 Å². The van der Waals surface area contributed by atoms with Crippen LogP contribution in [-0.4, -0.2) is 15.6 Å². The van der Waals surface area contributed by atoms with Crippen LogP contribution in [0.4, 0.5) is 0 Å². The predicted octanol–water partition coefficient (Wildman–Crippen LogP) is 2.36. The summed E-state index contributed by atoms with van der Waals surface area (Å²) >= 11 is 0. The molecule has 0 spiro atoms. The largest absolute Gasteiger partial charge is 0.293 e. The predicted molar refractivity (Wildman–Crippen MR) is 74.0 cm³/mol. The second-order valence-electron chi connectivity index (χ2n) is 4.71. The van der Waals surface area contributed by atoms with Crippen LogP contribution in [0.5, 0.6) is 0 Å². The number of carbonyl (C=O) groups is 1. The number of hydrogen-bond donors (Lipinski definition) is 0. The average molecular weight is 256 g/mol. The van der Waals surface area contributed by atoms with Crippen molar-refractivity contribution >= 4 is 5.78 Å². The number of hydrogen-bond acceptors (Lipinski definition) is 3. The molecule has 1 aromatic heterocycles. The van der Waals surface area contributed by atoms with Gasteiger partial charge >= 0.3 is 0 Å². The molecule has 2 aromatic rings. The fourth-order valence-electron chi connectivity index (χ4n) is 2.16. The number of nitrogens with zero attached hydrogens (tertiary/aromatic N) is 2. The molecule has 0 aliphatic heterocycles. The highest BCUT2D eigenvalue weighted by Gasteiger charge is 2.13. The van der Waals surface area contributed by atoms with Gasteiger partial charge in [0.15, 0.2) is 11.5 Å². The number of ketones is 1. The molecule has 0 fully saturated rings. The number of aromatic nitrogens is 2. The molecule has 0 bridgehead atoms. The van der Waals surface area contributed by atoms with Gasteiger partial charge < -0.3 is 0 Å². The van der Waals surface area contributed by atoms with Crippen molar-refractivity contribution < 1.29 is 4.79 Å². The fraction of sp³-hybridized carbons (Fsp3) is 0.267. The van der Waals surface area contributed by atoms with Gasteiger partial charge in [-0.05, 0) is 31.9 Å². The molecule has 0 aliphatic carbocycles. The highest BCUT2D eigenvalue weighted by molar-refractivity contribution is 5.91. The Hall–Kier alpha value is -2.23. The number of carbonyl (C=O) groups excluding carboxylic acids is 1. The van der Waals surface area contributed by atoms with E-state index in [1.54, 1.807) is 4.68 Å². The molecule has 0 radical (unpaired) electrons. The van der Waals surface area contributed by atoms with Gasteiger partial charge in [0.2, 0.25) is 5.43 Å². The zero-order valence-electron chi connectivity index (χ0n) is 11.5. The van der Waals surface area contributed by atoms with Gasteiger partial charge in [-0.2, -0.15) is 5.10 Å². The van der Waals surface area contributed by atoms with Crippen molar-refractivity contribution in [3.05, 3.63) is 57.0 Å². The van der Waals surface area contributed by atoms with Crippen molar-refractivity contribution in [2.45, 2.75) is 27.7 Å². The van der Waals surface area contributed by atoms with E-state index in [0.29, 0.717) is 5.69 Å². The average Bonchev–Trinajstić information content (AvgIpc) is 2.30. The van der Waals surface area contributed by atoms with Gasteiger partial charge in [0.05, 0.1) is 5.69 Å². The van der Waals surface area contributed by atoms with Gasteiger partial charge in [-0.25, -0.2) is 4.68 Å². The Bertz CT molecular complexity index is 694. The molecule has 0 atom stereocenters. The Labute approximate surface area is 111 Å². The first-order chi connectivity index (χ1) is 8.91. The lowest BCUT2D eigenvalue weighted by molar-refractivity contribution is 0.101. The lowest BCUT2D eigenvalue weighted by atomic mass is 10.1. The minimum atomic E-state index is -0.326. The molecule has 0 aliphatic rings. The van der Waals surface area contributed by atoms with Crippen LogP contribution in [0.1, 0.15) is 34.2 Å². The summed E-state index contributed by atoms with van der Waals surface area (Å²) in [5, 5.41) is 4.22. The van der Waals surface area contributed by atoms with Crippen LogP contribution in [0.25, 0.3) is 5.69 Å². The van der Waals surface area contributed by atoms with E-state index < -0.39 is 0 Å². The van der Waals surface area contributed by atoms with Gasteiger partial charge in [-0.1, -0.05) is 18.2 Å². The van der Waals surface area contributed by atoms with Gasteiger partial charge in [0.1, 0.15) is 0 Å². The molecule has 19 heavy (non-hydrogen) atoms. The van der Waals surface area contributed by atoms with Crippen LogP contribution >= 0.6 is 0 Å². The molecule has 0 amide bonds. The summed E-state index contributed by atoms with van der Waals surface area (Å²) < 4.78 is 1.67. The molecular weight excluding hydrogens is 240 g/mol. The topological polar surface area (TPSA) is 52.0 Å². The Morgan fingerprint density at radius 1 is 1.16 bits per heavy atom. The number of rotatable bonds is 2. The summed E-state index contributed by atoms with van der Waals surface area (Å²) in [6.07, 6.45) is 0. The molecule has 0 saturated carbocycles. The van der Waals surface area contributed by atoms with E-state index in [-0.39, 0.29) is 16.9 Å². The molecule has 0 N–H and O–H groups in total. The molecule has 1 aromatic carbocycles. The summed E-state index contributed by atoms with van der Waals surface area (Å²) in [5.41, 5.74) is 3.39. The third-order valence-electron chi connectivity index (χ3n) is 3.09. The Morgan fingerprint density at radius 2 is 1.74 bits per heavy atom. The van der Waals surface area contributed by atoms with Gasteiger partial charge in [-0.3, -0.25) is 9.59 Å². The zero-order chi connectivity index (χ0) is 14.2. The highest BCUT2D eigenvalue weighted by Crippen LogP contribution is 2.18. The molecule has 4 nitrogen and oxygen atoms in total. The van der Waals surface area contributed by atoms with Gasteiger partial charge in [0.25, 0.3) is 0 Å². The van der Waals surface area contributed by atoms with E-state index >= 15 is 0 Å². The van der Waals surface area contributed by atoms with Crippen LogP contribution < -0.4 is 5.43 Å². The first-order valence-electron chi connectivity index (χ1n) is 6.10. The number of para-hydroxylation sites is 1. The summed E-state index contributed by atoms with van der Waals surface area (Å²) in [6, 6.07) is 7.39. The molecular formula is C15H16N2O2. The minimum absolute atomic E-state index is 0.0201. The molecule has 4 heteroatoms. The smallest absolute Gasteiger partial charge is 0.211 e. The molecule has 0 unspecified atom stereocenters. The van der Waals surface area contributed by atoms with Crippen LogP contribution in [0.15, 0.2) is 29.1 Å². The van der Waals surface area contributed by atoms with Crippen LogP contribution in [-0.2, 0) is 0 Å². The van der Waals surface area contributed by atoms with Crippen LogP contribution in [0, 0.1) is 20.8 Å². The maximum absolute atomic E-state index is 11.7. The van der Waals surface area contributed by atoms with E-state index in [4.69, 9.17) is 0 Å². The molecule has 1 heterocycles. The quantitative estimate of drug-likeness (QED) is 0.775. The van der Waals surface area contributed by atoms with Crippen molar-refractivity contribution in [3.8, 4) is 5.69 Å². The fourth-order valence-corrected chi connectivity index (χ4v) is 2.16. The molecule has 2 rings (SSSR count). The number of Topliss-reactive ketones (excluding diaryl/α,β-unsaturated/α-hetero) is 1. The second kappa shape index (κ2) is 4.80. The molecule has 0 saturated heterocycles. The summed E-state index contributed by atoms with van der Waals surface area (Å²) in [5.74, 6) is -0.315. The summed E-state index contributed by atoms with van der Waals surface area (Å²) in [6.45, 7) is 7.13. The van der Waals surface area contributed by atoms with Crippen LogP contribution in [0.3, 0.4) is 0 Å². The third-order valence-corrected chi connectivity index (χ3v) is 3.09. The third kappa shape index (κ3) is 2.34. The number of benzene rings is 1. The van der Waals surface area contributed by atoms with Crippen molar-refractivity contribution in [3.63, 3.8) is 0 Å². The lowest BCUT2D eigenvalue weighted by Gasteiger charge is -2.15.